The third kappa shape index (κ3) is 2.22. The van der Waals surface area contributed by atoms with Gasteiger partial charge in [0.25, 0.3) is 0 Å². The van der Waals surface area contributed by atoms with Crippen molar-refractivity contribution in [3.05, 3.63) is 54.0 Å². The number of carboxylic acid groups (broad SMARTS) is 1. The summed E-state index contributed by atoms with van der Waals surface area (Å²) in [5.74, 6) is -0.193. The topological polar surface area (TPSA) is 70.7 Å². The largest absolute Gasteiger partial charge is 0.508 e. The minimum absolute atomic E-state index is 0.115. The quantitative estimate of drug-likeness (QED) is 0.869. The summed E-state index contributed by atoms with van der Waals surface area (Å²) in [5, 5.41) is 18.7. The van der Waals surface area contributed by atoms with E-state index in [4.69, 9.17) is 4.42 Å². The van der Waals surface area contributed by atoms with E-state index in [1.807, 2.05) is 0 Å². The molecule has 0 aliphatic rings. The van der Waals surface area contributed by atoms with E-state index < -0.39 is 11.4 Å². The highest BCUT2D eigenvalue weighted by Gasteiger charge is 2.36. The molecule has 1 aromatic carbocycles. The van der Waals surface area contributed by atoms with Crippen LogP contribution in [0.15, 0.2) is 47.1 Å². The van der Waals surface area contributed by atoms with Gasteiger partial charge in [-0.2, -0.15) is 0 Å². The van der Waals surface area contributed by atoms with Gasteiger partial charge < -0.3 is 14.6 Å². The fourth-order valence-electron chi connectivity index (χ4n) is 1.89. The molecule has 4 nitrogen and oxygen atoms in total. The van der Waals surface area contributed by atoms with Crippen LogP contribution >= 0.6 is 0 Å². The minimum Gasteiger partial charge on any atom is -0.508 e. The van der Waals surface area contributed by atoms with Crippen LogP contribution < -0.4 is 0 Å². The molecule has 0 bridgehead atoms. The summed E-state index contributed by atoms with van der Waals surface area (Å²) in [6.45, 7) is 1.64. The number of phenolic OH excluding ortho intramolecular Hbond substituents is 1. The highest BCUT2D eigenvalue weighted by molar-refractivity contribution is 5.81. The Morgan fingerprint density at radius 3 is 2.44 bits per heavy atom. The van der Waals surface area contributed by atoms with Crippen LogP contribution in [0, 0.1) is 0 Å². The molecule has 0 aliphatic carbocycles. The van der Waals surface area contributed by atoms with Gasteiger partial charge in [-0.1, -0.05) is 12.1 Å². The number of furan rings is 1. The molecule has 0 spiro atoms. The van der Waals surface area contributed by atoms with Gasteiger partial charge in [0.1, 0.15) is 11.5 Å². The first kappa shape index (κ1) is 12.2. The van der Waals surface area contributed by atoms with Gasteiger partial charge in [0.05, 0.1) is 11.7 Å². The fourth-order valence-corrected chi connectivity index (χ4v) is 1.89. The number of aliphatic carboxylic acids is 1. The Hall–Kier alpha value is -2.23. The van der Waals surface area contributed by atoms with Gasteiger partial charge in [0, 0.05) is 6.42 Å². The third-order valence-electron chi connectivity index (χ3n) is 3.08. The molecule has 0 saturated heterocycles. The Morgan fingerprint density at radius 1 is 1.28 bits per heavy atom. The Labute approximate surface area is 104 Å². The second-order valence-corrected chi connectivity index (χ2v) is 4.44. The van der Waals surface area contributed by atoms with Gasteiger partial charge in [-0.15, -0.1) is 0 Å². The van der Waals surface area contributed by atoms with Crippen molar-refractivity contribution < 1.29 is 19.4 Å². The first-order valence-corrected chi connectivity index (χ1v) is 5.57. The molecule has 1 atom stereocenters. The summed E-state index contributed by atoms with van der Waals surface area (Å²) in [7, 11) is 0. The van der Waals surface area contributed by atoms with E-state index in [1.54, 1.807) is 31.2 Å². The Bertz CT molecular complexity index is 527. The minimum atomic E-state index is -1.08. The number of rotatable bonds is 4. The summed E-state index contributed by atoms with van der Waals surface area (Å²) in [4.78, 5) is 11.5. The van der Waals surface area contributed by atoms with Crippen molar-refractivity contribution in [2.24, 2.45) is 0 Å². The van der Waals surface area contributed by atoms with E-state index in [2.05, 4.69) is 0 Å². The Kier molecular flexibility index (Phi) is 3.10. The van der Waals surface area contributed by atoms with E-state index in [0.717, 1.165) is 0 Å². The van der Waals surface area contributed by atoms with Crippen molar-refractivity contribution in [1.29, 1.82) is 0 Å². The first-order valence-electron chi connectivity index (χ1n) is 5.57. The molecule has 2 aromatic rings. The summed E-state index contributed by atoms with van der Waals surface area (Å²) < 4.78 is 5.21. The van der Waals surface area contributed by atoms with Gasteiger partial charge in [0.2, 0.25) is 0 Å². The van der Waals surface area contributed by atoms with Gasteiger partial charge in [-0.05, 0) is 36.8 Å². The van der Waals surface area contributed by atoms with Crippen LogP contribution in [-0.4, -0.2) is 16.2 Å². The zero-order valence-corrected chi connectivity index (χ0v) is 9.96. The van der Waals surface area contributed by atoms with Crippen LogP contribution in [0.25, 0.3) is 0 Å². The van der Waals surface area contributed by atoms with E-state index >= 15 is 0 Å². The SMILES string of the molecule is CC(Cc1ccco1)(C(=O)O)c1ccc(O)cc1. The standard InChI is InChI=1S/C14H14O4/c1-14(13(16)17,9-12-3-2-8-18-12)10-4-6-11(15)7-5-10/h2-8,15H,9H2,1H3,(H,16,17). The molecule has 0 radical (unpaired) electrons. The molecule has 0 fully saturated rings. The average Bonchev–Trinajstić information content (AvgIpc) is 2.82. The van der Waals surface area contributed by atoms with Crippen molar-refractivity contribution in [2.75, 3.05) is 0 Å². The van der Waals surface area contributed by atoms with Crippen LogP contribution in [0.3, 0.4) is 0 Å². The van der Waals surface area contributed by atoms with E-state index in [0.29, 0.717) is 11.3 Å². The van der Waals surface area contributed by atoms with E-state index in [1.165, 1.54) is 18.4 Å². The molecular weight excluding hydrogens is 232 g/mol. The number of benzene rings is 1. The normalized spacial score (nSPS) is 14.1. The van der Waals surface area contributed by atoms with E-state index in [-0.39, 0.29) is 12.2 Å². The van der Waals surface area contributed by atoms with Gasteiger partial charge in [-0.25, -0.2) is 0 Å². The number of phenols is 1. The lowest BCUT2D eigenvalue weighted by molar-refractivity contribution is -0.143. The third-order valence-corrected chi connectivity index (χ3v) is 3.08. The molecule has 0 amide bonds. The van der Waals surface area contributed by atoms with Crippen molar-refractivity contribution >= 4 is 5.97 Å². The number of carboxylic acids is 1. The zero-order valence-electron chi connectivity index (χ0n) is 9.96. The maximum atomic E-state index is 11.5. The van der Waals surface area contributed by atoms with Gasteiger partial charge >= 0.3 is 5.97 Å². The Balaban J connectivity index is 2.37. The second kappa shape index (κ2) is 4.56. The molecule has 1 heterocycles. The lowest BCUT2D eigenvalue weighted by Crippen LogP contribution is -2.34. The highest BCUT2D eigenvalue weighted by atomic mass is 16.4. The predicted octanol–water partition coefficient (Wildman–Crippen LogP) is 2.57. The number of carbonyl (C=O) groups is 1. The first-order chi connectivity index (χ1) is 8.52. The molecule has 0 aliphatic heterocycles. The number of hydrogen-bond donors (Lipinski definition) is 2. The van der Waals surface area contributed by atoms with Crippen LogP contribution in [-0.2, 0) is 16.6 Å². The van der Waals surface area contributed by atoms with Crippen LogP contribution in [0.5, 0.6) is 5.75 Å². The monoisotopic (exact) mass is 246 g/mol. The molecule has 0 saturated carbocycles. The molecule has 18 heavy (non-hydrogen) atoms. The molecular formula is C14H14O4. The van der Waals surface area contributed by atoms with E-state index in [9.17, 15) is 15.0 Å². The highest BCUT2D eigenvalue weighted by Crippen LogP contribution is 2.30. The molecule has 4 heteroatoms. The molecule has 1 aromatic heterocycles. The fraction of sp³-hybridized carbons (Fsp3) is 0.214. The van der Waals surface area contributed by atoms with Crippen molar-refractivity contribution in [1.82, 2.24) is 0 Å². The molecule has 2 rings (SSSR count). The summed E-state index contributed by atoms with van der Waals surface area (Å²) in [6, 6.07) is 9.69. The molecule has 1 unspecified atom stereocenters. The number of hydrogen-bond acceptors (Lipinski definition) is 3. The zero-order chi connectivity index (χ0) is 13.2. The Morgan fingerprint density at radius 2 is 1.94 bits per heavy atom. The maximum absolute atomic E-state index is 11.5. The van der Waals surface area contributed by atoms with Crippen molar-refractivity contribution in [3.8, 4) is 5.75 Å². The van der Waals surface area contributed by atoms with Crippen LogP contribution in [0.4, 0.5) is 0 Å². The maximum Gasteiger partial charge on any atom is 0.314 e. The summed E-state index contributed by atoms with van der Waals surface area (Å²) in [6.07, 6.45) is 1.79. The van der Waals surface area contributed by atoms with Gasteiger partial charge in [-0.3, -0.25) is 4.79 Å². The molecule has 2 N–H and O–H groups in total. The van der Waals surface area contributed by atoms with Crippen LogP contribution in [0.2, 0.25) is 0 Å². The van der Waals surface area contributed by atoms with Crippen molar-refractivity contribution in [2.45, 2.75) is 18.8 Å². The number of aromatic hydroxyl groups is 1. The smallest absolute Gasteiger partial charge is 0.314 e. The summed E-state index contributed by atoms with van der Waals surface area (Å²) in [5.41, 5.74) is -0.449. The van der Waals surface area contributed by atoms with Crippen LogP contribution in [0.1, 0.15) is 18.2 Å². The van der Waals surface area contributed by atoms with Gasteiger partial charge in [0.15, 0.2) is 0 Å². The summed E-state index contributed by atoms with van der Waals surface area (Å²) >= 11 is 0. The second-order valence-electron chi connectivity index (χ2n) is 4.44. The predicted molar refractivity (Wildman–Crippen MR) is 65.5 cm³/mol. The van der Waals surface area contributed by atoms with Crippen molar-refractivity contribution in [3.63, 3.8) is 0 Å². The average molecular weight is 246 g/mol. The lowest BCUT2D eigenvalue weighted by Gasteiger charge is -2.24. The molecule has 94 valence electrons. The lowest BCUT2D eigenvalue weighted by atomic mass is 9.79.